The van der Waals surface area contributed by atoms with Crippen LogP contribution in [0.4, 0.5) is 0 Å². The predicted octanol–water partition coefficient (Wildman–Crippen LogP) is 1.90. The van der Waals surface area contributed by atoms with Gasteiger partial charge in [-0.3, -0.25) is 0 Å². The van der Waals surface area contributed by atoms with Gasteiger partial charge >= 0.3 is 0 Å². The molecule has 0 aromatic heterocycles. The average molecular weight is 254 g/mol. The quantitative estimate of drug-likeness (QED) is 0.678. The molecule has 2 fully saturated rings. The van der Waals surface area contributed by atoms with Crippen LogP contribution >= 0.6 is 0 Å². The summed E-state index contributed by atoms with van der Waals surface area (Å²) in [6, 6.07) is 1.64. The Hall–Kier alpha value is -0.120. The first-order valence-corrected chi connectivity index (χ1v) is 7.81. The maximum Gasteiger partial charge on any atom is 0.0584 e. The molecule has 1 aliphatic heterocycles. The van der Waals surface area contributed by atoms with Gasteiger partial charge in [0, 0.05) is 18.1 Å². The van der Waals surface area contributed by atoms with Gasteiger partial charge in [0.2, 0.25) is 0 Å². The second-order valence-corrected chi connectivity index (χ2v) is 6.58. The van der Waals surface area contributed by atoms with Gasteiger partial charge in [0.1, 0.15) is 0 Å². The Morgan fingerprint density at radius 3 is 2.67 bits per heavy atom. The molecule has 1 aliphatic carbocycles. The minimum atomic E-state index is 0.277. The van der Waals surface area contributed by atoms with Crippen molar-refractivity contribution in [2.24, 2.45) is 11.8 Å². The maximum absolute atomic E-state index is 9.51. The van der Waals surface area contributed by atoms with Crippen molar-refractivity contribution in [2.75, 3.05) is 13.2 Å². The highest BCUT2D eigenvalue weighted by Gasteiger charge is 2.35. The van der Waals surface area contributed by atoms with Crippen LogP contribution in [0.3, 0.4) is 0 Å². The average Bonchev–Trinajstić information content (AvgIpc) is 2.96. The number of aliphatic hydroxyl groups is 1. The van der Waals surface area contributed by atoms with E-state index in [1.165, 1.54) is 38.6 Å². The highest BCUT2D eigenvalue weighted by molar-refractivity contribution is 4.94. The molecule has 106 valence electrons. The van der Waals surface area contributed by atoms with E-state index in [2.05, 4.69) is 24.5 Å². The molecule has 4 unspecified atom stereocenters. The van der Waals surface area contributed by atoms with Gasteiger partial charge in [-0.25, -0.2) is 0 Å². The molecule has 1 saturated heterocycles. The van der Waals surface area contributed by atoms with Crippen molar-refractivity contribution in [1.82, 2.24) is 10.6 Å². The molecule has 18 heavy (non-hydrogen) atoms. The van der Waals surface area contributed by atoms with E-state index < -0.39 is 0 Å². The minimum absolute atomic E-state index is 0.277. The van der Waals surface area contributed by atoms with Crippen LogP contribution in [0.1, 0.15) is 52.4 Å². The lowest BCUT2D eigenvalue weighted by atomic mass is 9.92. The SMILES string of the molecule is CC(C)CC(CO)NC1CCCC1C1CCCN1. The van der Waals surface area contributed by atoms with Gasteiger partial charge in [-0.1, -0.05) is 20.3 Å². The number of rotatable bonds is 6. The van der Waals surface area contributed by atoms with Crippen LogP contribution in [0.15, 0.2) is 0 Å². The first-order valence-electron chi connectivity index (χ1n) is 7.81. The first-order chi connectivity index (χ1) is 8.70. The first kappa shape index (κ1) is 14.3. The van der Waals surface area contributed by atoms with Gasteiger partial charge in [-0.05, 0) is 50.5 Å². The van der Waals surface area contributed by atoms with Gasteiger partial charge in [0.15, 0.2) is 0 Å². The van der Waals surface area contributed by atoms with Gasteiger partial charge in [-0.15, -0.1) is 0 Å². The van der Waals surface area contributed by atoms with E-state index in [9.17, 15) is 5.11 Å². The molecule has 4 atom stereocenters. The third kappa shape index (κ3) is 3.69. The van der Waals surface area contributed by atoms with Crippen molar-refractivity contribution in [1.29, 1.82) is 0 Å². The lowest BCUT2D eigenvalue weighted by molar-refractivity contribution is 0.195. The number of aliphatic hydroxyl groups excluding tert-OH is 1. The normalized spacial score (nSPS) is 34.3. The number of nitrogens with one attached hydrogen (secondary N) is 2. The van der Waals surface area contributed by atoms with E-state index in [1.54, 1.807) is 0 Å². The summed E-state index contributed by atoms with van der Waals surface area (Å²) in [5.74, 6) is 1.44. The Morgan fingerprint density at radius 1 is 1.22 bits per heavy atom. The maximum atomic E-state index is 9.51. The highest BCUT2D eigenvalue weighted by atomic mass is 16.3. The second-order valence-electron chi connectivity index (χ2n) is 6.58. The highest BCUT2D eigenvalue weighted by Crippen LogP contribution is 2.32. The summed E-state index contributed by atoms with van der Waals surface area (Å²) in [6.07, 6.45) is 7.75. The van der Waals surface area contributed by atoms with Crippen LogP contribution in [-0.2, 0) is 0 Å². The van der Waals surface area contributed by atoms with E-state index in [0.717, 1.165) is 18.4 Å². The molecule has 1 saturated carbocycles. The smallest absolute Gasteiger partial charge is 0.0584 e. The molecule has 0 aromatic carbocycles. The van der Waals surface area contributed by atoms with Crippen LogP contribution in [-0.4, -0.2) is 36.4 Å². The van der Waals surface area contributed by atoms with Crippen LogP contribution in [0.25, 0.3) is 0 Å². The molecule has 2 aliphatic rings. The largest absolute Gasteiger partial charge is 0.395 e. The molecule has 1 heterocycles. The fourth-order valence-corrected chi connectivity index (χ4v) is 3.82. The van der Waals surface area contributed by atoms with Crippen molar-refractivity contribution in [3.05, 3.63) is 0 Å². The standard InChI is InChI=1S/C15H30N2O/c1-11(2)9-12(10-18)17-15-6-3-5-13(15)14-7-4-8-16-14/h11-18H,3-10H2,1-2H3. The lowest BCUT2D eigenvalue weighted by Crippen LogP contribution is -2.47. The Labute approximate surface area is 112 Å². The predicted molar refractivity (Wildman–Crippen MR) is 75.6 cm³/mol. The zero-order chi connectivity index (χ0) is 13.0. The van der Waals surface area contributed by atoms with E-state index >= 15 is 0 Å². The molecule has 0 amide bonds. The third-order valence-corrected chi connectivity index (χ3v) is 4.61. The Morgan fingerprint density at radius 2 is 2.06 bits per heavy atom. The molecule has 3 nitrogen and oxygen atoms in total. The minimum Gasteiger partial charge on any atom is -0.395 e. The van der Waals surface area contributed by atoms with Crippen molar-refractivity contribution in [2.45, 2.75) is 70.5 Å². The van der Waals surface area contributed by atoms with Crippen LogP contribution in [0.5, 0.6) is 0 Å². The zero-order valence-electron chi connectivity index (χ0n) is 12.0. The van der Waals surface area contributed by atoms with Crippen molar-refractivity contribution in [3.63, 3.8) is 0 Å². The Kier molecular flexibility index (Phi) is 5.46. The summed E-state index contributed by atoms with van der Waals surface area (Å²) in [4.78, 5) is 0. The molecule has 0 radical (unpaired) electrons. The fraction of sp³-hybridized carbons (Fsp3) is 1.00. The number of hydrogen-bond acceptors (Lipinski definition) is 3. The van der Waals surface area contributed by atoms with Crippen molar-refractivity contribution >= 4 is 0 Å². The molecular weight excluding hydrogens is 224 g/mol. The Bertz CT molecular complexity index is 239. The molecule has 0 aromatic rings. The molecule has 2 rings (SSSR count). The van der Waals surface area contributed by atoms with Crippen LogP contribution < -0.4 is 10.6 Å². The van der Waals surface area contributed by atoms with E-state index in [-0.39, 0.29) is 12.6 Å². The van der Waals surface area contributed by atoms with Crippen LogP contribution in [0.2, 0.25) is 0 Å². The lowest BCUT2D eigenvalue weighted by Gasteiger charge is -2.30. The third-order valence-electron chi connectivity index (χ3n) is 4.61. The second kappa shape index (κ2) is 6.88. The Balaban J connectivity index is 1.85. The monoisotopic (exact) mass is 254 g/mol. The van der Waals surface area contributed by atoms with Gasteiger partial charge < -0.3 is 15.7 Å². The van der Waals surface area contributed by atoms with Crippen molar-refractivity contribution < 1.29 is 5.11 Å². The summed E-state index contributed by atoms with van der Waals surface area (Å²) in [5, 5.41) is 16.9. The molecule has 3 heteroatoms. The van der Waals surface area contributed by atoms with E-state index in [4.69, 9.17) is 0 Å². The van der Waals surface area contributed by atoms with Gasteiger partial charge in [-0.2, -0.15) is 0 Å². The topological polar surface area (TPSA) is 44.3 Å². The fourth-order valence-electron chi connectivity index (χ4n) is 3.82. The van der Waals surface area contributed by atoms with E-state index in [1.807, 2.05) is 0 Å². The zero-order valence-corrected chi connectivity index (χ0v) is 12.0. The van der Waals surface area contributed by atoms with E-state index in [0.29, 0.717) is 12.0 Å². The summed E-state index contributed by atoms with van der Waals surface area (Å²) < 4.78 is 0. The van der Waals surface area contributed by atoms with Gasteiger partial charge in [0.25, 0.3) is 0 Å². The summed E-state index contributed by atoms with van der Waals surface area (Å²) in [6.45, 7) is 5.94. The van der Waals surface area contributed by atoms with Gasteiger partial charge in [0.05, 0.1) is 6.61 Å². The molecule has 0 bridgehead atoms. The molecular formula is C15H30N2O. The van der Waals surface area contributed by atoms with Crippen molar-refractivity contribution in [3.8, 4) is 0 Å². The summed E-state index contributed by atoms with van der Waals surface area (Å²) in [5.41, 5.74) is 0. The van der Waals surface area contributed by atoms with Crippen LogP contribution in [0, 0.1) is 11.8 Å². The molecule has 3 N–H and O–H groups in total. The summed E-state index contributed by atoms with van der Waals surface area (Å²) in [7, 11) is 0. The molecule has 0 spiro atoms. The summed E-state index contributed by atoms with van der Waals surface area (Å²) >= 11 is 0. The number of hydrogen-bond donors (Lipinski definition) is 3.